The predicted molar refractivity (Wildman–Crippen MR) is 90.4 cm³/mol. The third-order valence-electron chi connectivity index (χ3n) is 2.61. The van der Waals surface area contributed by atoms with E-state index < -0.39 is 40.6 Å². The highest BCUT2D eigenvalue weighted by atomic mass is 19.2. The zero-order chi connectivity index (χ0) is 20.1. The van der Waals surface area contributed by atoms with Crippen LogP contribution in [0.25, 0.3) is 0 Å². The topological polar surface area (TPSA) is 80.9 Å². The molecule has 1 aromatic carbocycles. The van der Waals surface area contributed by atoms with Crippen LogP contribution in [0.3, 0.4) is 0 Å². The number of hydrogen-bond acceptors (Lipinski definition) is 6. The van der Waals surface area contributed by atoms with Gasteiger partial charge in [0.25, 0.3) is 0 Å². The summed E-state index contributed by atoms with van der Waals surface area (Å²) in [6, 6.07) is 3.91. The highest BCUT2D eigenvalue weighted by Gasteiger charge is 2.24. The van der Waals surface area contributed by atoms with Crippen LogP contribution in [0.5, 0.6) is 0 Å². The molecule has 0 fully saturated rings. The van der Waals surface area contributed by atoms with Crippen molar-refractivity contribution < 1.29 is 27.8 Å². The zero-order valence-corrected chi connectivity index (χ0v) is 15.6. The fourth-order valence-corrected chi connectivity index (χ4v) is 1.64. The molecule has 0 saturated heterocycles. The van der Waals surface area contributed by atoms with Gasteiger partial charge in [-0.2, -0.15) is 5.26 Å². The van der Waals surface area contributed by atoms with Crippen molar-refractivity contribution in [1.82, 2.24) is 0 Å². The Balaban J connectivity index is 3.03. The first-order valence-electron chi connectivity index (χ1n) is 7.83. The molecule has 142 valence electrons. The average molecular weight is 368 g/mol. The SMILES string of the molecule is CC(C)(C)OC(=O)O/C(=N/Cc1ccc(C#N)c(F)c1F)OC(C)(C)C. The number of ether oxygens (including phenoxy) is 3. The largest absolute Gasteiger partial charge is 0.517 e. The molecule has 1 rings (SSSR count). The standard InChI is InChI=1S/C18H22F2N2O4/c1-17(2,3)25-15(24-16(23)26-18(4,5)6)22-10-12-8-7-11(9-21)13(19)14(12)20/h7-8H,10H2,1-6H3/b22-15-. The molecular weight excluding hydrogens is 346 g/mol. The van der Waals surface area contributed by atoms with Crippen molar-refractivity contribution in [2.45, 2.75) is 59.3 Å². The molecule has 0 atom stereocenters. The quantitative estimate of drug-likeness (QED) is 0.437. The molecule has 0 radical (unpaired) electrons. The summed E-state index contributed by atoms with van der Waals surface area (Å²) in [6.45, 7) is 9.71. The average Bonchev–Trinajstić information content (AvgIpc) is 2.45. The Kier molecular flexibility index (Phi) is 6.67. The molecule has 0 heterocycles. The lowest BCUT2D eigenvalue weighted by Gasteiger charge is -2.23. The Morgan fingerprint density at radius 3 is 2.15 bits per heavy atom. The first kappa shape index (κ1) is 21.4. The molecule has 0 bridgehead atoms. The minimum atomic E-state index is -1.26. The monoisotopic (exact) mass is 368 g/mol. The molecule has 26 heavy (non-hydrogen) atoms. The second-order valence-electron chi connectivity index (χ2n) is 7.38. The summed E-state index contributed by atoms with van der Waals surface area (Å²) in [5.41, 5.74) is -2.07. The maximum absolute atomic E-state index is 14.0. The summed E-state index contributed by atoms with van der Waals surface area (Å²) < 4.78 is 43.0. The van der Waals surface area contributed by atoms with Crippen molar-refractivity contribution in [1.29, 1.82) is 5.26 Å². The van der Waals surface area contributed by atoms with E-state index >= 15 is 0 Å². The molecule has 0 aliphatic rings. The Morgan fingerprint density at radius 1 is 1.08 bits per heavy atom. The van der Waals surface area contributed by atoms with E-state index in [0.717, 1.165) is 6.07 Å². The van der Waals surface area contributed by atoms with Crippen molar-refractivity contribution in [2.24, 2.45) is 4.99 Å². The van der Waals surface area contributed by atoms with Gasteiger partial charge in [0.05, 0.1) is 12.1 Å². The Bertz CT molecular complexity index is 741. The summed E-state index contributed by atoms with van der Waals surface area (Å²) in [4.78, 5) is 15.7. The van der Waals surface area contributed by atoms with E-state index in [1.807, 2.05) is 0 Å². The summed E-state index contributed by atoms with van der Waals surface area (Å²) in [6.07, 6.45) is -1.47. The summed E-state index contributed by atoms with van der Waals surface area (Å²) >= 11 is 0. The van der Waals surface area contributed by atoms with E-state index in [2.05, 4.69) is 4.99 Å². The first-order chi connectivity index (χ1) is 11.8. The van der Waals surface area contributed by atoms with Crippen LogP contribution in [0.15, 0.2) is 17.1 Å². The molecule has 0 aromatic heterocycles. The van der Waals surface area contributed by atoms with Crippen molar-refractivity contribution in [3.8, 4) is 6.07 Å². The van der Waals surface area contributed by atoms with Gasteiger partial charge in [-0.15, -0.1) is 0 Å². The molecule has 8 heteroatoms. The van der Waals surface area contributed by atoms with Gasteiger partial charge in [0.2, 0.25) is 0 Å². The van der Waals surface area contributed by atoms with E-state index in [4.69, 9.17) is 19.5 Å². The summed E-state index contributed by atoms with van der Waals surface area (Å²) in [5.74, 6) is -2.45. The number of nitriles is 1. The number of rotatable bonds is 2. The molecule has 0 aliphatic carbocycles. The smallest absolute Gasteiger partial charge is 0.445 e. The maximum atomic E-state index is 14.0. The van der Waals surface area contributed by atoms with Gasteiger partial charge in [0.1, 0.15) is 17.3 Å². The van der Waals surface area contributed by atoms with Gasteiger partial charge in [0.15, 0.2) is 11.6 Å². The van der Waals surface area contributed by atoms with Gasteiger partial charge in [-0.1, -0.05) is 6.07 Å². The number of benzene rings is 1. The molecule has 6 nitrogen and oxygen atoms in total. The summed E-state index contributed by atoms with van der Waals surface area (Å²) in [5, 5.41) is 8.70. The number of hydrogen-bond donors (Lipinski definition) is 0. The third kappa shape index (κ3) is 7.05. The van der Waals surface area contributed by atoms with Crippen LogP contribution in [0.2, 0.25) is 0 Å². The highest BCUT2D eigenvalue weighted by molar-refractivity contribution is 5.80. The van der Waals surface area contributed by atoms with Crippen LogP contribution in [0.1, 0.15) is 52.7 Å². The number of nitrogens with zero attached hydrogens (tertiary/aromatic N) is 2. The van der Waals surface area contributed by atoms with Crippen molar-refractivity contribution in [3.63, 3.8) is 0 Å². The van der Waals surface area contributed by atoms with E-state index in [1.54, 1.807) is 47.6 Å². The molecular formula is C18H22F2N2O4. The van der Waals surface area contributed by atoms with Gasteiger partial charge >= 0.3 is 12.2 Å². The Hall–Kier alpha value is -2.69. The molecule has 0 N–H and O–H groups in total. The van der Waals surface area contributed by atoms with E-state index in [-0.39, 0.29) is 12.1 Å². The fourth-order valence-electron chi connectivity index (χ4n) is 1.64. The lowest BCUT2D eigenvalue weighted by molar-refractivity contribution is -0.00129. The molecule has 1 aromatic rings. The zero-order valence-electron chi connectivity index (χ0n) is 15.6. The second kappa shape index (κ2) is 8.13. The lowest BCUT2D eigenvalue weighted by Crippen LogP contribution is -2.31. The van der Waals surface area contributed by atoms with Crippen molar-refractivity contribution in [2.75, 3.05) is 0 Å². The van der Waals surface area contributed by atoms with Crippen LogP contribution < -0.4 is 0 Å². The van der Waals surface area contributed by atoms with E-state index in [0.29, 0.717) is 0 Å². The van der Waals surface area contributed by atoms with E-state index in [9.17, 15) is 13.6 Å². The predicted octanol–water partition coefficient (Wildman–Crippen LogP) is 4.46. The van der Waals surface area contributed by atoms with Crippen molar-refractivity contribution in [3.05, 3.63) is 34.9 Å². The van der Waals surface area contributed by atoms with Gasteiger partial charge in [0, 0.05) is 5.56 Å². The van der Waals surface area contributed by atoms with Gasteiger partial charge in [-0.3, -0.25) is 0 Å². The minimum absolute atomic E-state index is 0.121. The summed E-state index contributed by atoms with van der Waals surface area (Å²) in [7, 11) is 0. The van der Waals surface area contributed by atoms with Crippen LogP contribution in [-0.4, -0.2) is 23.4 Å². The number of carbonyl (C=O) groups excluding carboxylic acids is 1. The lowest BCUT2D eigenvalue weighted by atomic mass is 10.1. The molecule has 0 aliphatic heterocycles. The minimum Gasteiger partial charge on any atom is -0.445 e. The van der Waals surface area contributed by atoms with Crippen molar-refractivity contribution >= 4 is 12.2 Å². The highest BCUT2D eigenvalue weighted by Crippen LogP contribution is 2.18. The normalized spacial score (nSPS) is 12.3. The van der Waals surface area contributed by atoms with Crippen LogP contribution in [0, 0.1) is 23.0 Å². The number of halogens is 2. The maximum Gasteiger partial charge on any atom is 0.517 e. The number of carbonyl (C=O) groups is 1. The number of aliphatic imine (C=N–C) groups is 1. The van der Waals surface area contributed by atoms with Crippen LogP contribution >= 0.6 is 0 Å². The Morgan fingerprint density at radius 2 is 1.65 bits per heavy atom. The second-order valence-corrected chi connectivity index (χ2v) is 7.38. The van der Waals surface area contributed by atoms with Gasteiger partial charge in [-0.25, -0.2) is 18.6 Å². The molecule has 0 saturated carbocycles. The fraction of sp³-hybridized carbons (Fsp3) is 0.500. The molecule has 0 unspecified atom stereocenters. The third-order valence-corrected chi connectivity index (χ3v) is 2.61. The van der Waals surface area contributed by atoms with Gasteiger partial charge in [-0.05, 0) is 47.6 Å². The molecule has 0 amide bonds. The van der Waals surface area contributed by atoms with E-state index in [1.165, 1.54) is 6.07 Å². The van der Waals surface area contributed by atoms with Crippen LogP contribution in [-0.2, 0) is 20.8 Å². The Labute approximate surface area is 151 Å². The van der Waals surface area contributed by atoms with Gasteiger partial charge < -0.3 is 14.2 Å². The van der Waals surface area contributed by atoms with Crippen LogP contribution in [0.4, 0.5) is 13.6 Å². The first-order valence-corrected chi connectivity index (χ1v) is 7.83. The molecule has 0 spiro atoms.